The van der Waals surface area contributed by atoms with Crippen LogP contribution in [0.4, 0.5) is 0 Å². The second-order valence-electron chi connectivity index (χ2n) is 4.45. The van der Waals surface area contributed by atoms with Crippen LogP contribution >= 0.6 is 0 Å². The molecular formula is C11H16N2O2. The van der Waals surface area contributed by atoms with Gasteiger partial charge in [-0.05, 0) is 18.1 Å². The van der Waals surface area contributed by atoms with Gasteiger partial charge >= 0.3 is 0 Å². The first kappa shape index (κ1) is 9.21. The molecule has 4 heteroatoms. The zero-order valence-electron chi connectivity index (χ0n) is 8.98. The lowest BCUT2D eigenvalue weighted by atomic mass is 10.0. The molecule has 1 aromatic rings. The van der Waals surface area contributed by atoms with Crippen LogP contribution in [0.2, 0.25) is 0 Å². The molecule has 3 rings (SSSR count). The van der Waals surface area contributed by atoms with E-state index in [-0.39, 0.29) is 0 Å². The molecular weight excluding hydrogens is 192 g/mol. The number of hydrogen-bond acceptors (Lipinski definition) is 4. The predicted octanol–water partition coefficient (Wildman–Crippen LogP) is 1.32. The van der Waals surface area contributed by atoms with Gasteiger partial charge < -0.3 is 9.26 Å². The Morgan fingerprint density at radius 3 is 3.13 bits per heavy atom. The summed E-state index contributed by atoms with van der Waals surface area (Å²) in [5.74, 6) is 2.26. The number of piperidine rings is 1. The molecule has 4 nitrogen and oxygen atoms in total. The van der Waals surface area contributed by atoms with E-state index in [0.717, 1.165) is 18.7 Å². The van der Waals surface area contributed by atoms with Crippen LogP contribution in [-0.2, 0) is 6.42 Å². The summed E-state index contributed by atoms with van der Waals surface area (Å²) in [5, 5.41) is 3.92. The van der Waals surface area contributed by atoms with Gasteiger partial charge in [0.05, 0.1) is 0 Å². The number of fused-ring (bicyclic) bond motifs is 2. The van der Waals surface area contributed by atoms with E-state index in [1.807, 2.05) is 13.0 Å². The highest BCUT2D eigenvalue weighted by Gasteiger charge is 2.39. The maximum Gasteiger partial charge on any atom is 0.254 e. The van der Waals surface area contributed by atoms with Gasteiger partial charge in [0.15, 0.2) is 0 Å². The second kappa shape index (κ2) is 3.52. The van der Waals surface area contributed by atoms with Crippen molar-refractivity contribution in [3.63, 3.8) is 0 Å². The highest BCUT2D eigenvalue weighted by atomic mass is 16.5. The van der Waals surface area contributed by atoms with E-state index < -0.39 is 0 Å². The van der Waals surface area contributed by atoms with Crippen molar-refractivity contribution in [3.05, 3.63) is 11.8 Å². The number of aromatic nitrogens is 1. The lowest BCUT2D eigenvalue weighted by Gasteiger charge is -2.21. The number of hydrogen-bond donors (Lipinski definition) is 0. The number of aryl methyl sites for hydroxylation is 1. The van der Waals surface area contributed by atoms with Gasteiger partial charge in [0.25, 0.3) is 5.88 Å². The summed E-state index contributed by atoms with van der Waals surface area (Å²) >= 11 is 0. The molecule has 0 saturated carbocycles. The predicted molar refractivity (Wildman–Crippen MR) is 54.8 cm³/mol. The molecule has 2 aliphatic rings. The summed E-state index contributed by atoms with van der Waals surface area (Å²) in [5.41, 5.74) is 0. The second-order valence-corrected chi connectivity index (χ2v) is 4.45. The highest BCUT2D eigenvalue weighted by molar-refractivity contribution is 5.12. The van der Waals surface area contributed by atoms with E-state index in [2.05, 4.69) is 10.1 Å². The molecule has 0 aromatic carbocycles. The molecule has 2 aliphatic heterocycles. The van der Waals surface area contributed by atoms with Gasteiger partial charge in [-0.3, -0.25) is 4.90 Å². The van der Waals surface area contributed by atoms with Crippen LogP contribution in [0.15, 0.2) is 10.6 Å². The molecule has 0 radical (unpaired) electrons. The number of rotatable bonds is 3. The Morgan fingerprint density at radius 1 is 1.60 bits per heavy atom. The molecule has 0 N–H and O–H groups in total. The number of nitrogens with zero attached hydrogens (tertiary/aromatic N) is 2. The van der Waals surface area contributed by atoms with E-state index in [1.54, 1.807) is 0 Å². The van der Waals surface area contributed by atoms with Gasteiger partial charge in [0, 0.05) is 31.5 Å². The quantitative estimate of drug-likeness (QED) is 0.751. The minimum absolute atomic E-state index is 0.327. The van der Waals surface area contributed by atoms with Gasteiger partial charge in [-0.2, -0.15) is 0 Å². The van der Waals surface area contributed by atoms with Gasteiger partial charge in [-0.25, -0.2) is 0 Å². The minimum Gasteiger partial charge on any atom is -0.470 e. The van der Waals surface area contributed by atoms with E-state index >= 15 is 0 Å². The van der Waals surface area contributed by atoms with Gasteiger partial charge in [0.1, 0.15) is 11.9 Å². The summed E-state index contributed by atoms with van der Waals surface area (Å²) in [6.45, 7) is 5.54. The lowest BCUT2D eigenvalue weighted by molar-refractivity contribution is 0.130. The third-order valence-electron chi connectivity index (χ3n) is 3.43. The van der Waals surface area contributed by atoms with Crippen molar-refractivity contribution in [3.8, 4) is 5.88 Å². The Bertz CT molecular complexity index is 350. The van der Waals surface area contributed by atoms with E-state index in [0.29, 0.717) is 17.9 Å². The zero-order chi connectivity index (χ0) is 10.3. The summed E-state index contributed by atoms with van der Waals surface area (Å²) in [6.07, 6.45) is 2.47. The molecule has 2 fully saturated rings. The molecule has 2 bridgehead atoms. The van der Waals surface area contributed by atoms with Crippen molar-refractivity contribution in [1.82, 2.24) is 10.1 Å². The van der Waals surface area contributed by atoms with Crippen LogP contribution in [-0.4, -0.2) is 35.8 Å². The van der Waals surface area contributed by atoms with Crippen LogP contribution in [0.25, 0.3) is 0 Å². The summed E-state index contributed by atoms with van der Waals surface area (Å²) in [6, 6.07) is 1.90. The van der Waals surface area contributed by atoms with Crippen LogP contribution < -0.4 is 4.74 Å². The minimum atomic E-state index is 0.327. The normalized spacial score (nSPS) is 33.5. The Kier molecular flexibility index (Phi) is 2.16. The van der Waals surface area contributed by atoms with Crippen LogP contribution in [0.1, 0.15) is 19.1 Å². The molecule has 15 heavy (non-hydrogen) atoms. The van der Waals surface area contributed by atoms with Crippen molar-refractivity contribution in [2.24, 2.45) is 5.92 Å². The van der Waals surface area contributed by atoms with Gasteiger partial charge in [0.2, 0.25) is 0 Å². The summed E-state index contributed by atoms with van der Waals surface area (Å²) < 4.78 is 11.0. The SMILES string of the molecule is CCc1cc(O[C@@H]2CN3CC[C@@H]2C3)no1. The molecule has 0 amide bonds. The van der Waals surface area contributed by atoms with Crippen molar-refractivity contribution in [1.29, 1.82) is 0 Å². The third kappa shape index (κ3) is 1.63. The summed E-state index contributed by atoms with van der Waals surface area (Å²) in [7, 11) is 0. The average molecular weight is 208 g/mol. The molecule has 2 saturated heterocycles. The van der Waals surface area contributed by atoms with Crippen LogP contribution in [0.3, 0.4) is 0 Å². The molecule has 0 spiro atoms. The fourth-order valence-corrected chi connectivity index (χ4v) is 2.54. The van der Waals surface area contributed by atoms with Crippen molar-refractivity contribution >= 4 is 0 Å². The Labute approximate surface area is 89.2 Å². The maximum atomic E-state index is 5.85. The Morgan fingerprint density at radius 2 is 2.53 bits per heavy atom. The van der Waals surface area contributed by atoms with Crippen molar-refractivity contribution < 1.29 is 9.26 Å². The van der Waals surface area contributed by atoms with Crippen molar-refractivity contribution in [2.45, 2.75) is 25.9 Å². The first-order valence-corrected chi connectivity index (χ1v) is 5.69. The highest BCUT2D eigenvalue weighted by Crippen LogP contribution is 2.30. The fourth-order valence-electron chi connectivity index (χ4n) is 2.54. The fraction of sp³-hybridized carbons (Fsp3) is 0.727. The molecule has 0 aliphatic carbocycles. The van der Waals surface area contributed by atoms with E-state index in [9.17, 15) is 0 Å². The first-order valence-electron chi connectivity index (χ1n) is 5.69. The van der Waals surface area contributed by atoms with Crippen molar-refractivity contribution in [2.75, 3.05) is 19.6 Å². The standard InChI is InChI=1S/C11H16N2O2/c1-2-9-5-11(12-15-9)14-10-7-13-4-3-8(10)6-13/h5,8,10H,2-4,6-7H2,1H3/t8-,10-/m1/s1. The van der Waals surface area contributed by atoms with E-state index in [1.165, 1.54) is 19.5 Å². The first-order chi connectivity index (χ1) is 7.35. The molecule has 3 atom stereocenters. The Hall–Kier alpha value is -1.03. The topological polar surface area (TPSA) is 38.5 Å². The van der Waals surface area contributed by atoms with Crippen LogP contribution in [0, 0.1) is 5.92 Å². The van der Waals surface area contributed by atoms with Crippen LogP contribution in [0.5, 0.6) is 5.88 Å². The zero-order valence-corrected chi connectivity index (χ0v) is 8.98. The smallest absolute Gasteiger partial charge is 0.254 e. The summed E-state index contributed by atoms with van der Waals surface area (Å²) in [4.78, 5) is 2.45. The maximum absolute atomic E-state index is 5.85. The molecule has 82 valence electrons. The largest absolute Gasteiger partial charge is 0.470 e. The van der Waals surface area contributed by atoms with E-state index in [4.69, 9.17) is 9.26 Å². The lowest BCUT2D eigenvalue weighted by Crippen LogP contribution is -2.32. The molecule has 3 heterocycles. The Balaban J connectivity index is 1.65. The van der Waals surface area contributed by atoms with Gasteiger partial charge in [-0.15, -0.1) is 0 Å². The monoisotopic (exact) mass is 208 g/mol. The third-order valence-corrected chi connectivity index (χ3v) is 3.43. The molecule has 1 unspecified atom stereocenters. The average Bonchev–Trinajstić information content (AvgIpc) is 2.92. The van der Waals surface area contributed by atoms with Gasteiger partial charge in [-0.1, -0.05) is 6.92 Å². The number of ether oxygens (including phenoxy) is 1. The molecule has 1 aromatic heterocycles.